The van der Waals surface area contributed by atoms with Gasteiger partial charge in [0.25, 0.3) is 0 Å². The van der Waals surface area contributed by atoms with Crippen LogP contribution in [0.3, 0.4) is 0 Å². The number of carbonyl (C=O) groups is 2. The zero-order valence-electron chi connectivity index (χ0n) is 14.5. The second-order valence-corrected chi connectivity index (χ2v) is 6.82. The van der Waals surface area contributed by atoms with Crippen molar-refractivity contribution in [1.82, 2.24) is 4.57 Å². The highest BCUT2D eigenvalue weighted by Gasteiger charge is 2.34. The molecule has 0 saturated carbocycles. The predicted octanol–water partition coefficient (Wildman–Crippen LogP) is 2.95. The van der Waals surface area contributed by atoms with Crippen molar-refractivity contribution in [1.29, 1.82) is 0 Å². The van der Waals surface area contributed by atoms with Crippen molar-refractivity contribution in [2.45, 2.75) is 26.3 Å². The molecule has 2 aliphatic carbocycles. The van der Waals surface area contributed by atoms with Crippen LogP contribution in [0.5, 0.6) is 0 Å². The van der Waals surface area contributed by atoms with Crippen molar-refractivity contribution in [3.05, 3.63) is 46.5 Å². The summed E-state index contributed by atoms with van der Waals surface area (Å²) in [6.45, 7) is 2.76. The molecule has 1 heterocycles. The average Bonchev–Trinajstić information content (AvgIpc) is 3.30. The number of rotatable bonds is 1. The molecule has 0 bridgehead atoms. The summed E-state index contributed by atoms with van der Waals surface area (Å²) in [5.74, 6) is -0.541. The van der Waals surface area contributed by atoms with Crippen LogP contribution in [0, 0.1) is 0 Å². The molecule has 7 nitrogen and oxygen atoms in total. The van der Waals surface area contributed by atoms with E-state index in [9.17, 15) is 20.0 Å². The molecular formula is C20H15N3O4. The summed E-state index contributed by atoms with van der Waals surface area (Å²) < 4.78 is 2.14. The summed E-state index contributed by atoms with van der Waals surface area (Å²) in [7, 11) is 0. The lowest BCUT2D eigenvalue weighted by molar-refractivity contribution is 0.105. The molecule has 5 rings (SSSR count). The van der Waals surface area contributed by atoms with Gasteiger partial charge in [0.2, 0.25) is 11.6 Å². The number of aromatic nitrogens is 1. The number of benzene rings is 2. The molecule has 0 spiro atoms. The molecule has 1 aromatic heterocycles. The van der Waals surface area contributed by atoms with Crippen molar-refractivity contribution in [3.8, 4) is 0 Å². The molecule has 0 atom stereocenters. The predicted molar refractivity (Wildman–Crippen MR) is 99.6 cm³/mol. The first-order valence-corrected chi connectivity index (χ1v) is 8.71. The maximum absolute atomic E-state index is 12.5. The Bertz CT molecular complexity index is 1170. The van der Waals surface area contributed by atoms with Gasteiger partial charge in [0.15, 0.2) is 0 Å². The smallest absolute Gasteiger partial charge is 0.211 e. The number of carbonyl (C=O) groups excluding carboxylic acids is 2. The number of hydrogen-bond acceptors (Lipinski definition) is 6. The summed E-state index contributed by atoms with van der Waals surface area (Å²) in [5, 5.41) is 26.5. The summed E-state index contributed by atoms with van der Waals surface area (Å²) >= 11 is 0. The van der Waals surface area contributed by atoms with Gasteiger partial charge in [-0.2, -0.15) is 0 Å². The largest absolute Gasteiger partial charge is 0.411 e. The molecular weight excluding hydrogens is 346 g/mol. The number of oxime groups is 2. The molecule has 0 aliphatic heterocycles. The van der Waals surface area contributed by atoms with Crippen LogP contribution in [0.25, 0.3) is 21.8 Å². The highest BCUT2D eigenvalue weighted by atomic mass is 16.4. The van der Waals surface area contributed by atoms with Gasteiger partial charge in [-0.3, -0.25) is 9.59 Å². The van der Waals surface area contributed by atoms with Crippen LogP contribution in [-0.2, 0) is 19.4 Å². The maximum atomic E-state index is 12.5. The van der Waals surface area contributed by atoms with Crippen molar-refractivity contribution < 1.29 is 20.0 Å². The number of aryl methyl sites for hydroxylation is 1. The quantitative estimate of drug-likeness (QED) is 0.513. The lowest BCUT2D eigenvalue weighted by Gasteiger charge is -2.04. The normalized spacial score (nSPS) is 19.0. The molecule has 0 radical (unpaired) electrons. The number of hydrogen-bond donors (Lipinski definition) is 2. The standard InChI is InChI=1S/C20H15N3O4/c1-2-23-15-5-3-9-11(7-13(21-26)19(9)24)17(15)18-12-8-14(22-27)20(25)10(12)4-6-16(18)23/h3-6,26-27H,2,7-8H2,1H3/b21-13+,22-14+. The number of fused-ring (bicyclic) bond motifs is 7. The van der Waals surface area contributed by atoms with E-state index in [0.717, 1.165) is 39.5 Å². The first-order valence-electron chi connectivity index (χ1n) is 8.71. The molecule has 0 saturated heterocycles. The molecule has 0 fully saturated rings. The lowest BCUT2D eigenvalue weighted by Crippen LogP contribution is -2.06. The zero-order chi connectivity index (χ0) is 18.9. The van der Waals surface area contributed by atoms with Crippen LogP contribution in [0.1, 0.15) is 38.8 Å². The van der Waals surface area contributed by atoms with Gasteiger partial charge in [-0.25, -0.2) is 0 Å². The highest BCUT2D eigenvalue weighted by molar-refractivity contribution is 6.51. The molecule has 27 heavy (non-hydrogen) atoms. The fourth-order valence-electron chi connectivity index (χ4n) is 4.51. The van der Waals surface area contributed by atoms with E-state index in [-0.39, 0.29) is 35.8 Å². The third kappa shape index (κ3) is 1.80. The molecule has 2 N–H and O–H groups in total. The Morgan fingerprint density at radius 2 is 1.30 bits per heavy atom. The molecule has 0 unspecified atom stereocenters. The fraction of sp³-hybridized carbons (Fsp3) is 0.200. The van der Waals surface area contributed by atoms with Crippen LogP contribution >= 0.6 is 0 Å². The van der Waals surface area contributed by atoms with Crippen molar-refractivity contribution in [2.75, 3.05) is 0 Å². The van der Waals surface area contributed by atoms with Crippen LogP contribution < -0.4 is 0 Å². The summed E-state index contributed by atoms with van der Waals surface area (Å²) in [4.78, 5) is 24.9. The number of Topliss-reactive ketones (excluding diaryl/α,β-unsaturated/α-hetero) is 2. The molecule has 134 valence electrons. The molecule has 0 amide bonds. The van der Waals surface area contributed by atoms with Gasteiger partial charge in [0.05, 0.1) is 0 Å². The Kier molecular flexibility index (Phi) is 3.07. The van der Waals surface area contributed by atoms with E-state index in [1.807, 2.05) is 19.1 Å². The van der Waals surface area contributed by atoms with Crippen LogP contribution in [0.15, 0.2) is 34.6 Å². The minimum Gasteiger partial charge on any atom is -0.411 e. The van der Waals surface area contributed by atoms with Crippen molar-refractivity contribution in [3.63, 3.8) is 0 Å². The highest BCUT2D eigenvalue weighted by Crippen LogP contribution is 2.40. The van der Waals surface area contributed by atoms with E-state index in [1.54, 1.807) is 12.1 Å². The minimum absolute atomic E-state index is 0.121. The molecule has 2 aromatic carbocycles. The number of ketones is 2. The van der Waals surface area contributed by atoms with Gasteiger partial charge in [-0.1, -0.05) is 10.3 Å². The van der Waals surface area contributed by atoms with Gasteiger partial charge in [0.1, 0.15) is 11.4 Å². The first kappa shape index (κ1) is 15.7. The Hall–Kier alpha value is -3.48. The van der Waals surface area contributed by atoms with Crippen LogP contribution in [0.2, 0.25) is 0 Å². The van der Waals surface area contributed by atoms with Gasteiger partial charge >= 0.3 is 0 Å². The Morgan fingerprint density at radius 1 is 0.852 bits per heavy atom. The molecule has 3 aromatic rings. The average molecular weight is 361 g/mol. The van der Waals surface area contributed by atoms with Crippen molar-refractivity contribution >= 4 is 44.8 Å². The van der Waals surface area contributed by atoms with Gasteiger partial charge < -0.3 is 15.0 Å². The van der Waals surface area contributed by atoms with Crippen LogP contribution in [-0.4, -0.2) is 38.0 Å². The molecule has 2 aliphatic rings. The Morgan fingerprint density at radius 3 is 1.67 bits per heavy atom. The zero-order valence-corrected chi connectivity index (χ0v) is 14.5. The third-order valence-electron chi connectivity index (χ3n) is 5.67. The third-order valence-corrected chi connectivity index (χ3v) is 5.67. The second kappa shape index (κ2) is 5.26. The first-order chi connectivity index (χ1) is 13.1. The lowest BCUT2D eigenvalue weighted by atomic mass is 9.98. The fourth-order valence-corrected chi connectivity index (χ4v) is 4.51. The van der Waals surface area contributed by atoms with E-state index < -0.39 is 0 Å². The topological polar surface area (TPSA) is 104 Å². The van der Waals surface area contributed by atoms with Gasteiger partial charge in [-0.15, -0.1) is 0 Å². The summed E-state index contributed by atoms with van der Waals surface area (Å²) in [6, 6.07) is 7.35. The minimum atomic E-state index is -0.270. The monoisotopic (exact) mass is 361 g/mol. The van der Waals surface area contributed by atoms with Gasteiger partial charge in [0, 0.05) is 52.3 Å². The number of nitrogens with zero attached hydrogens (tertiary/aromatic N) is 3. The Balaban J connectivity index is 1.98. The van der Waals surface area contributed by atoms with E-state index in [1.165, 1.54) is 0 Å². The van der Waals surface area contributed by atoms with E-state index >= 15 is 0 Å². The Labute approximate surface area is 153 Å². The SMILES string of the molecule is CCn1c2ccc3c(c2c2c4c(ccc21)C(=O)/C(=N/O)C4)C/C(=N\O)C3=O. The van der Waals surface area contributed by atoms with Crippen LogP contribution in [0.4, 0.5) is 0 Å². The van der Waals surface area contributed by atoms with E-state index in [4.69, 9.17) is 0 Å². The second-order valence-electron chi connectivity index (χ2n) is 6.82. The summed E-state index contributed by atoms with van der Waals surface area (Å²) in [6.07, 6.45) is 0.507. The van der Waals surface area contributed by atoms with E-state index in [0.29, 0.717) is 11.1 Å². The maximum Gasteiger partial charge on any atom is 0.211 e. The van der Waals surface area contributed by atoms with Gasteiger partial charge in [-0.05, 0) is 42.3 Å². The van der Waals surface area contributed by atoms with E-state index in [2.05, 4.69) is 14.9 Å². The van der Waals surface area contributed by atoms with Crippen molar-refractivity contribution in [2.24, 2.45) is 10.3 Å². The summed E-state index contributed by atoms with van der Waals surface area (Å²) in [5.41, 5.74) is 4.87. The molecule has 7 heteroatoms.